The van der Waals surface area contributed by atoms with E-state index >= 15 is 0 Å². The second-order valence-corrected chi connectivity index (χ2v) is 4.67. The first-order chi connectivity index (χ1) is 7.42. The Morgan fingerprint density at radius 1 is 1.44 bits per heavy atom. The number of ether oxygens (including phenoxy) is 1. The van der Waals surface area contributed by atoms with E-state index < -0.39 is 15.8 Å². The number of carbonyl (C=O) groups is 1. The Bertz CT molecular complexity index is 549. The molecule has 0 aromatic carbocycles. The summed E-state index contributed by atoms with van der Waals surface area (Å²) in [7, 11) is -2.08. The Hall–Kier alpha value is -1.87. The van der Waals surface area contributed by atoms with Crippen molar-refractivity contribution < 1.29 is 17.9 Å². The molecule has 1 rings (SSSR count). The lowest BCUT2D eigenvalue weighted by Gasteiger charge is -1.97. The number of methoxy groups -OCH3 is 1. The van der Waals surface area contributed by atoms with Crippen molar-refractivity contribution in [2.75, 3.05) is 13.4 Å². The van der Waals surface area contributed by atoms with Crippen molar-refractivity contribution in [1.82, 2.24) is 4.98 Å². The van der Waals surface area contributed by atoms with Crippen LogP contribution in [0.3, 0.4) is 0 Å². The van der Waals surface area contributed by atoms with Gasteiger partial charge in [0, 0.05) is 11.4 Å². The zero-order valence-corrected chi connectivity index (χ0v) is 9.54. The Kier molecular flexibility index (Phi) is 3.64. The summed E-state index contributed by atoms with van der Waals surface area (Å²) in [5.41, 5.74) is 0.561. The van der Waals surface area contributed by atoms with Crippen molar-refractivity contribution in [3.63, 3.8) is 0 Å². The summed E-state index contributed by atoms with van der Waals surface area (Å²) in [5.74, 6) is 1.86. The maximum atomic E-state index is 11.0. The van der Waals surface area contributed by atoms with Gasteiger partial charge in [-0.25, -0.2) is 18.2 Å². The first-order valence-electron chi connectivity index (χ1n) is 4.19. The van der Waals surface area contributed by atoms with Crippen molar-refractivity contribution in [1.29, 1.82) is 0 Å². The SMILES string of the molecule is COC(=O)c1ccc(C#CS(C)(=O)=O)nc1. The van der Waals surface area contributed by atoms with Gasteiger partial charge in [0.15, 0.2) is 0 Å². The number of pyridine rings is 1. The van der Waals surface area contributed by atoms with Crippen molar-refractivity contribution >= 4 is 15.8 Å². The molecule has 0 unspecified atom stereocenters. The second kappa shape index (κ2) is 4.77. The number of hydrogen-bond donors (Lipinski definition) is 0. The maximum absolute atomic E-state index is 11.0. The number of aromatic nitrogens is 1. The van der Waals surface area contributed by atoms with Gasteiger partial charge < -0.3 is 4.74 Å². The smallest absolute Gasteiger partial charge is 0.339 e. The molecule has 5 nitrogen and oxygen atoms in total. The molecule has 0 aliphatic carbocycles. The zero-order valence-electron chi connectivity index (χ0n) is 8.72. The lowest BCUT2D eigenvalue weighted by atomic mass is 10.2. The number of esters is 1. The van der Waals surface area contributed by atoms with E-state index in [1.807, 2.05) is 5.25 Å². The van der Waals surface area contributed by atoms with Gasteiger partial charge in [0.05, 0.1) is 18.9 Å². The average Bonchev–Trinajstić information content (AvgIpc) is 2.25. The standard InChI is InChI=1S/C10H9NO4S/c1-15-10(12)8-3-4-9(11-7-8)5-6-16(2,13)14/h3-4,7H,1-2H3. The van der Waals surface area contributed by atoms with Crippen LogP contribution < -0.4 is 0 Å². The zero-order chi connectivity index (χ0) is 12.2. The fraction of sp³-hybridized carbons (Fsp3) is 0.200. The molecule has 0 fully saturated rings. The molecule has 0 aliphatic heterocycles. The third-order valence-corrected chi connectivity index (χ3v) is 2.02. The quantitative estimate of drug-likeness (QED) is 0.518. The summed E-state index contributed by atoms with van der Waals surface area (Å²) in [6.07, 6.45) is 2.28. The fourth-order valence-electron chi connectivity index (χ4n) is 0.851. The molecule has 0 saturated carbocycles. The number of carbonyl (C=O) groups excluding carboxylic acids is 1. The Morgan fingerprint density at radius 3 is 2.56 bits per heavy atom. The van der Waals surface area contributed by atoms with E-state index in [4.69, 9.17) is 0 Å². The molecule has 0 aliphatic rings. The molecule has 1 aromatic rings. The van der Waals surface area contributed by atoms with Crippen LogP contribution in [0.1, 0.15) is 16.1 Å². The maximum Gasteiger partial charge on any atom is 0.339 e. The summed E-state index contributed by atoms with van der Waals surface area (Å²) >= 11 is 0. The summed E-state index contributed by atoms with van der Waals surface area (Å²) in [5, 5.41) is 2.04. The number of sulfone groups is 1. The Morgan fingerprint density at radius 2 is 2.12 bits per heavy atom. The van der Waals surface area contributed by atoms with Gasteiger partial charge in [-0.2, -0.15) is 0 Å². The monoisotopic (exact) mass is 239 g/mol. The molecule has 0 amide bonds. The molecular weight excluding hydrogens is 230 g/mol. The Labute approximate surface area is 93.4 Å². The lowest BCUT2D eigenvalue weighted by Crippen LogP contribution is -2.01. The highest BCUT2D eigenvalue weighted by Crippen LogP contribution is 2.00. The molecule has 0 saturated heterocycles. The van der Waals surface area contributed by atoms with Gasteiger partial charge in [-0.1, -0.05) is 0 Å². The summed E-state index contributed by atoms with van der Waals surface area (Å²) in [4.78, 5) is 14.9. The van der Waals surface area contributed by atoms with E-state index in [1.54, 1.807) is 0 Å². The van der Waals surface area contributed by atoms with Gasteiger partial charge in [0.25, 0.3) is 0 Å². The van der Waals surface area contributed by atoms with Crippen LogP contribution in [0.25, 0.3) is 0 Å². The minimum atomic E-state index is -3.35. The van der Waals surface area contributed by atoms with Crippen molar-refractivity contribution in [2.24, 2.45) is 0 Å². The van der Waals surface area contributed by atoms with Crippen LogP contribution >= 0.6 is 0 Å². The van der Waals surface area contributed by atoms with Crippen LogP contribution in [0, 0.1) is 11.2 Å². The molecule has 1 heterocycles. The lowest BCUT2D eigenvalue weighted by molar-refractivity contribution is 0.0600. The highest BCUT2D eigenvalue weighted by atomic mass is 32.2. The summed E-state index contributed by atoms with van der Waals surface area (Å²) in [6, 6.07) is 2.91. The Balaban J connectivity index is 2.95. The molecular formula is C10H9NO4S. The minimum absolute atomic E-state index is 0.276. The van der Waals surface area contributed by atoms with Gasteiger partial charge in [-0.05, 0) is 18.1 Å². The van der Waals surface area contributed by atoms with Crippen LogP contribution in [0.2, 0.25) is 0 Å². The molecule has 0 bridgehead atoms. The third-order valence-electron chi connectivity index (χ3n) is 1.55. The first-order valence-corrected chi connectivity index (χ1v) is 6.08. The van der Waals surface area contributed by atoms with Crippen LogP contribution in [-0.2, 0) is 14.6 Å². The number of rotatable bonds is 1. The average molecular weight is 239 g/mol. The topological polar surface area (TPSA) is 73.3 Å². The number of nitrogens with zero attached hydrogens (tertiary/aromatic N) is 1. The summed E-state index contributed by atoms with van der Waals surface area (Å²) in [6.45, 7) is 0. The van der Waals surface area contributed by atoms with E-state index in [0.717, 1.165) is 6.26 Å². The van der Waals surface area contributed by atoms with Crippen molar-refractivity contribution in [3.8, 4) is 11.2 Å². The number of hydrogen-bond acceptors (Lipinski definition) is 5. The minimum Gasteiger partial charge on any atom is -0.465 e. The van der Waals surface area contributed by atoms with Crippen LogP contribution in [0.5, 0.6) is 0 Å². The molecule has 84 valence electrons. The third kappa shape index (κ3) is 3.71. The molecule has 0 atom stereocenters. The van der Waals surface area contributed by atoms with E-state index in [2.05, 4.69) is 15.6 Å². The van der Waals surface area contributed by atoms with Gasteiger partial charge in [-0.15, -0.1) is 0 Å². The molecule has 16 heavy (non-hydrogen) atoms. The van der Waals surface area contributed by atoms with Crippen molar-refractivity contribution in [3.05, 3.63) is 29.6 Å². The molecule has 0 N–H and O–H groups in total. The van der Waals surface area contributed by atoms with E-state index in [0.29, 0.717) is 0 Å². The normalized spacial score (nSPS) is 10.1. The van der Waals surface area contributed by atoms with E-state index in [1.165, 1.54) is 25.4 Å². The van der Waals surface area contributed by atoms with Gasteiger partial charge >= 0.3 is 5.97 Å². The first kappa shape index (κ1) is 12.2. The molecule has 0 spiro atoms. The highest BCUT2D eigenvalue weighted by Gasteiger charge is 2.04. The predicted octanol–water partition coefficient (Wildman–Crippen LogP) is 0.222. The van der Waals surface area contributed by atoms with E-state index in [-0.39, 0.29) is 11.3 Å². The second-order valence-electron chi connectivity index (χ2n) is 2.92. The van der Waals surface area contributed by atoms with E-state index in [9.17, 15) is 13.2 Å². The predicted molar refractivity (Wildman–Crippen MR) is 57.3 cm³/mol. The van der Waals surface area contributed by atoms with Crippen LogP contribution in [-0.4, -0.2) is 32.7 Å². The van der Waals surface area contributed by atoms with Gasteiger partial charge in [0.2, 0.25) is 9.84 Å². The largest absolute Gasteiger partial charge is 0.465 e. The molecule has 6 heteroatoms. The summed E-state index contributed by atoms with van der Waals surface area (Å²) < 4.78 is 26.0. The molecule has 1 aromatic heterocycles. The van der Waals surface area contributed by atoms with Crippen LogP contribution in [0.15, 0.2) is 18.3 Å². The van der Waals surface area contributed by atoms with Crippen LogP contribution in [0.4, 0.5) is 0 Å². The molecule has 0 radical (unpaired) electrons. The van der Waals surface area contributed by atoms with Gasteiger partial charge in [-0.3, -0.25) is 0 Å². The highest BCUT2D eigenvalue weighted by molar-refractivity contribution is 7.95. The van der Waals surface area contributed by atoms with Crippen molar-refractivity contribution in [2.45, 2.75) is 0 Å². The fourth-order valence-corrected chi connectivity index (χ4v) is 1.14. The van der Waals surface area contributed by atoms with Gasteiger partial charge in [0.1, 0.15) is 5.69 Å².